The Morgan fingerprint density at radius 3 is 2.24 bits per heavy atom. The Hall–Kier alpha value is -4.62. The number of guanidine groups is 1. The van der Waals surface area contributed by atoms with E-state index in [9.17, 15) is 32.3 Å². The number of carbonyl (C=O) groups is 4. The number of alkyl halides is 3. The van der Waals surface area contributed by atoms with Gasteiger partial charge in [0.25, 0.3) is 5.91 Å². The lowest BCUT2D eigenvalue weighted by molar-refractivity contribution is -0.193. The minimum atomic E-state index is -5.39. The fraction of sp³-hybridized carbons (Fsp3) is 0.452. The van der Waals surface area contributed by atoms with E-state index in [0.717, 1.165) is 5.56 Å². The number of carbonyl (C=O) groups excluding carboxylic acids is 4. The van der Waals surface area contributed by atoms with Gasteiger partial charge in [0, 0.05) is 19.0 Å². The van der Waals surface area contributed by atoms with E-state index in [1.165, 1.54) is 12.0 Å². The number of ether oxygens (including phenoxy) is 2. The molecular formula is C31H38F3N5O6. The van der Waals surface area contributed by atoms with Crippen LogP contribution in [-0.4, -0.2) is 66.7 Å². The highest BCUT2D eigenvalue weighted by molar-refractivity contribution is 6.08. The molecule has 45 heavy (non-hydrogen) atoms. The fourth-order valence-corrected chi connectivity index (χ4v) is 5.15. The van der Waals surface area contributed by atoms with Crippen LogP contribution in [0.25, 0.3) is 0 Å². The summed E-state index contributed by atoms with van der Waals surface area (Å²) in [4.78, 5) is 51.4. The van der Waals surface area contributed by atoms with Gasteiger partial charge >= 0.3 is 18.2 Å². The third-order valence-electron chi connectivity index (χ3n) is 7.22. The van der Waals surface area contributed by atoms with E-state index < -0.39 is 41.8 Å². The van der Waals surface area contributed by atoms with Crippen molar-refractivity contribution in [2.24, 2.45) is 5.92 Å². The monoisotopic (exact) mass is 633 g/mol. The van der Waals surface area contributed by atoms with Crippen LogP contribution in [0.2, 0.25) is 0 Å². The van der Waals surface area contributed by atoms with Crippen LogP contribution in [0.3, 0.4) is 0 Å². The minimum Gasteiger partial charge on any atom is -0.497 e. The van der Waals surface area contributed by atoms with Crippen LogP contribution in [-0.2, 0) is 31.1 Å². The highest BCUT2D eigenvalue weighted by atomic mass is 19.4. The van der Waals surface area contributed by atoms with Crippen molar-refractivity contribution in [3.63, 3.8) is 0 Å². The summed E-state index contributed by atoms with van der Waals surface area (Å²) in [5.74, 6) is -2.99. The average molecular weight is 634 g/mol. The Morgan fingerprint density at radius 2 is 1.67 bits per heavy atom. The number of esters is 1. The number of halogens is 3. The second-order valence-electron chi connectivity index (χ2n) is 11.3. The van der Waals surface area contributed by atoms with Crippen molar-refractivity contribution < 1.29 is 41.8 Å². The van der Waals surface area contributed by atoms with E-state index in [4.69, 9.17) is 10.1 Å². The molecule has 3 rings (SSSR count). The Labute approximate surface area is 259 Å². The van der Waals surface area contributed by atoms with Crippen LogP contribution < -0.4 is 20.7 Å². The normalized spacial score (nSPS) is 17.8. The molecule has 0 unspecified atom stereocenters. The van der Waals surface area contributed by atoms with Crippen molar-refractivity contribution in [1.29, 1.82) is 5.41 Å². The number of nitrogens with one attached hydrogen (secondary N) is 4. The number of amides is 3. The molecule has 4 N–H and O–H groups in total. The molecule has 2 aromatic rings. The van der Waals surface area contributed by atoms with Gasteiger partial charge in [-0.05, 0) is 55.4 Å². The van der Waals surface area contributed by atoms with E-state index in [-0.39, 0.29) is 30.8 Å². The first-order valence-electron chi connectivity index (χ1n) is 14.4. The van der Waals surface area contributed by atoms with E-state index in [0.29, 0.717) is 30.6 Å². The highest BCUT2D eigenvalue weighted by Gasteiger charge is 2.50. The van der Waals surface area contributed by atoms with Gasteiger partial charge in [-0.15, -0.1) is 0 Å². The lowest BCUT2D eigenvalue weighted by Crippen LogP contribution is -2.51. The zero-order valence-electron chi connectivity index (χ0n) is 25.5. The van der Waals surface area contributed by atoms with Crippen LogP contribution in [0.1, 0.15) is 51.2 Å². The van der Waals surface area contributed by atoms with E-state index >= 15 is 0 Å². The van der Waals surface area contributed by atoms with E-state index in [2.05, 4.69) is 15.4 Å². The molecule has 1 heterocycles. The lowest BCUT2D eigenvalue weighted by Gasteiger charge is -2.29. The summed E-state index contributed by atoms with van der Waals surface area (Å²) in [7, 11) is 1.46. The van der Waals surface area contributed by atoms with Gasteiger partial charge in [0.05, 0.1) is 7.11 Å². The van der Waals surface area contributed by atoms with Gasteiger partial charge in [-0.1, -0.05) is 56.3 Å². The minimum absolute atomic E-state index is 0.0168. The molecule has 0 bridgehead atoms. The largest absolute Gasteiger partial charge is 0.497 e. The van der Waals surface area contributed by atoms with Crippen LogP contribution in [0.5, 0.6) is 5.75 Å². The van der Waals surface area contributed by atoms with Gasteiger partial charge in [0.2, 0.25) is 5.91 Å². The molecule has 0 saturated carbocycles. The average Bonchev–Trinajstić information content (AvgIpc) is 3.21. The van der Waals surface area contributed by atoms with Crippen LogP contribution in [0, 0.1) is 11.3 Å². The van der Waals surface area contributed by atoms with Crippen molar-refractivity contribution >= 4 is 29.8 Å². The maximum atomic E-state index is 13.7. The molecule has 3 amide bonds. The molecule has 0 aromatic heterocycles. The number of hydrogen-bond donors (Lipinski definition) is 4. The molecule has 1 saturated heterocycles. The second kappa shape index (κ2) is 14.9. The molecule has 14 heteroatoms. The Morgan fingerprint density at radius 1 is 1.02 bits per heavy atom. The maximum Gasteiger partial charge on any atom is 0.491 e. The predicted octanol–water partition coefficient (Wildman–Crippen LogP) is 4.01. The van der Waals surface area contributed by atoms with Crippen molar-refractivity contribution in [2.45, 2.75) is 70.3 Å². The number of alkyl carbamates (subject to hydrolysis) is 1. The number of hydrogen-bond acceptors (Lipinski definition) is 7. The molecular weight excluding hydrogens is 595 g/mol. The molecule has 1 aliphatic rings. The summed E-state index contributed by atoms with van der Waals surface area (Å²) < 4.78 is 46.6. The van der Waals surface area contributed by atoms with Gasteiger partial charge in [-0.25, -0.2) is 9.59 Å². The van der Waals surface area contributed by atoms with E-state index in [1.807, 2.05) is 49.5 Å². The van der Waals surface area contributed by atoms with Crippen molar-refractivity contribution in [3.05, 3.63) is 65.7 Å². The summed E-state index contributed by atoms with van der Waals surface area (Å²) in [6.07, 6.45) is -5.97. The van der Waals surface area contributed by atoms with Gasteiger partial charge < -0.3 is 25.4 Å². The van der Waals surface area contributed by atoms with Crippen molar-refractivity contribution in [3.8, 4) is 5.75 Å². The number of rotatable bonds is 13. The third kappa shape index (κ3) is 9.19. The summed E-state index contributed by atoms with van der Waals surface area (Å²) in [5.41, 5.74) is 0.254. The Bertz CT molecular complexity index is 1370. The van der Waals surface area contributed by atoms with Gasteiger partial charge in [-0.2, -0.15) is 13.2 Å². The highest BCUT2D eigenvalue weighted by Crippen LogP contribution is 2.35. The van der Waals surface area contributed by atoms with Crippen LogP contribution >= 0.6 is 0 Å². The zero-order chi connectivity index (χ0) is 33.4. The molecule has 244 valence electrons. The summed E-state index contributed by atoms with van der Waals surface area (Å²) in [5, 5.41) is 16.4. The molecule has 11 nitrogen and oxygen atoms in total. The Balaban J connectivity index is 1.64. The van der Waals surface area contributed by atoms with Gasteiger partial charge in [0.15, 0.2) is 5.96 Å². The first-order valence-corrected chi connectivity index (χ1v) is 14.4. The molecule has 3 atom stereocenters. The maximum absolute atomic E-state index is 13.7. The smallest absolute Gasteiger partial charge is 0.491 e. The fourth-order valence-electron chi connectivity index (χ4n) is 5.15. The van der Waals surface area contributed by atoms with Crippen LogP contribution in [0.15, 0.2) is 54.6 Å². The SMILES string of the molecule is COc1ccc(C[C@H](NC(=O)OC(=O)C(F)(F)F)C(=O)N[C@@H](C)CCCN2C(=N)N[C@](CC(C)C)(c3ccccc3)C2=O)cc1. The predicted molar refractivity (Wildman–Crippen MR) is 158 cm³/mol. The summed E-state index contributed by atoms with van der Waals surface area (Å²) in [6.45, 7) is 5.90. The molecule has 2 aromatic carbocycles. The molecule has 0 aliphatic carbocycles. The summed E-state index contributed by atoms with van der Waals surface area (Å²) in [6, 6.07) is 13.8. The van der Waals surface area contributed by atoms with Crippen molar-refractivity contribution in [2.75, 3.05) is 13.7 Å². The standard InChI is InChI=1S/C31H38F3N5O6/c1-19(2)18-30(22-10-6-5-7-11-22)26(41)39(28(35)38-30)16-8-9-20(3)36-25(40)24(17-21-12-14-23(44-4)15-13-21)37-29(43)45-27(42)31(32,33)34/h5-7,10-15,19-20,24H,8-9,16-18H2,1-4H3,(H2,35,38)(H,36,40)(H,37,43)/t20-,24-,30+/m0/s1. The second-order valence-corrected chi connectivity index (χ2v) is 11.3. The molecule has 1 aliphatic heterocycles. The van der Waals surface area contributed by atoms with Gasteiger partial charge in [0.1, 0.15) is 17.3 Å². The third-order valence-corrected chi connectivity index (χ3v) is 7.22. The lowest BCUT2D eigenvalue weighted by atomic mass is 9.82. The first-order chi connectivity index (χ1) is 21.2. The first kappa shape index (κ1) is 34.9. The zero-order valence-corrected chi connectivity index (χ0v) is 25.5. The summed E-state index contributed by atoms with van der Waals surface area (Å²) >= 11 is 0. The molecule has 1 fully saturated rings. The number of methoxy groups -OCH3 is 1. The number of nitrogens with zero attached hydrogens (tertiary/aromatic N) is 1. The van der Waals surface area contributed by atoms with Crippen molar-refractivity contribution in [1.82, 2.24) is 20.9 Å². The Kier molecular flexibility index (Phi) is 11.5. The topological polar surface area (TPSA) is 150 Å². The molecule has 0 radical (unpaired) electrons. The quantitative estimate of drug-likeness (QED) is 0.192. The van der Waals surface area contributed by atoms with E-state index in [1.54, 1.807) is 31.2 Å². The number of benzene rings is 2. The van der Waals surface area contributed by atoms with Gasteiger partial charge in [-0.3, -0.25) is 19.9 Å². The molecule has 0 spiro atoms. The van der Waals surface area contributed by atoms with Crippen LogP contribution in [0.4, 0.5) is 18.0 Å².